The lowest BCUT2D eigenvalue weighted by molar-refractivity contribution is -0.121. The smallest absolute Gasteiger partial charge is 0.225 e. The Bertz CT molecular complexity index is 698. The fourth-order valence-corrected chi connectivity index (χ4v) is 2.87. The Hall–Kier alpha value is -2.48. The van der Waals surface area contributed by atoms with Crippen LogP contribution in [0.3, 0.4) is 0 Å². The third-order valence-electron chi connectivity index (χ3n) is 4.30. The molecule has 1 aliphatic heterocycles. The zero-order chi connectivity index (χ0) is 17.2. The fourth-order valence-electron chi connectivity index (χ4n) is 2.87. The quantitative estimate of drug-likeness (QED) is 0.816. The highest BCUT2D eigenvalue weighted by Gasteiger charge is 2.37. The second kappa shape index (κ2) is 6.56. The maximum Gasteiger partial charge on any atom is 0.225 e. The van der Waals surface area contributed by atoms with E-state index in [1.807, 2.05) is 4.90 Å². The summed E-state index contributed by atoms with van der Waals surface area (Å²) in [7, 11) is 0. The summed E-state index contributed by atoms with van der Waals surface area (Å²) in [5.41, 5.74) is 0.535. The molecule has 3 rings (SSSR count). The van der Waals surface area contributed by atoms with Crippen molar-refractivity contribution in [3.05, 3.63) is 35.5 Å². The largest absolute Gasteiger partial charge is 0.386 e. The van der Waals surface area contributed by atoms with Gasteiger partial charge in [0.2, 0.25) is 11.9 Å². The molecule has 2 aromatic heterocycles. The minimum atomic E-state index is -0.979. The lowest BCUT2D eigenvalue weighted by atomic mass is 10.0. The van der Waals surface area contributed by atoms with Crippen LogP contribution in [0.4, 0.5) is 5.95 Å². The van der Waals surface area contributed by atoms with E-state index in [0.717, 1.165) is 11.3 Å². The summed E-state index contributed by atoms with van der Waals surface area (Å²) in [4.78, 5) is 22.4. The molecule has 0 aromatic carbocycles. The zero-order valence-corrected chi connectivity index (χ0v) is 13.8. The number of nitrogens with zero attached hydrogens (tertiary/aromatic N) is 4. The van der Waals surface area contributed by atoms with Gasteiger partial charge in [0.15, 0.2) is 0 Å². The van der Waals surface area contributed by atoms with E-state index >= 15 is 0 Å². The Morgan fingerprint density at radius 2 is 2.17 bits per heavy atom. The summed E-state index contributed by atoms with van der Waals surface area (Å²) in [5, 5.41) is 17.3. The van der Waals surface area contributed by atoms with Gasteiger partial charge >= 0.3 is 0 Å². The molecule has 128 valence electrons. The highest BCUT2D eigenvalue weighted by Crippen LogP contribution is 2.23. The molecule has 0 aliphatic carbocycles. The van der Waals surface area contributed by atoms with Gasteiger partial charge in [0.05, 0.1) is 18.7 Å². The number of carbonyl (C=O) groups is 1. The molecule has 0 spiro atoms. The molecule has 0 bridgehead atoms. The summed E-state index contributed by atoms with van der Waals surface area (Å²) in [6.07, 6.45) is 4.09. The van der Waals surface area contributed by atoms with E-state index in [2.05, 4.69) is 20.4 Å². The highest BCUT2D eigenvalue weighted by molar-refractivity contribution is 5.79. The molecule has 24 heavy (non-hydrogen) atoms. The monoisotopic (exact) mass is 331 g/mol. The summed E-state index contributed by atoms with van der Waals surface area (Å²) >= 11 is 0. The van der Waals surface area contributed by atoms with Gasteiger partial charge in [-0.15, -0.1) is 0 Å². The molecule has 2 N–H and O–H groups in total. The maximum absolute atomic E-state index is 12.1. The molecule has 8 heteroatoms. The second-order valence-electron chi connectivity index (χ2n) is 6.20. The van der Waals surface area contributed by atoms with Crippen LogP contribution in [0, 0.1) is 13.8 Å². The molecule has 1 saturated heterocycles. The van der Waals surface area contributed by atoms with Crippen LogP contribution >= 0.6 is 0 Å². The summed E-state index contributed by atoms with van der Waals surface area (Å²) in [6, 6.07) is 1.75. The molecule has 0 unspecified atom stereocenters. The first-order valence-electron chi connectivity index (χ1n) is 7.90. The van der Waals surface area contributed by atoms with Crippen LogP contribution in [-0.2, 0) is 11.2 Å². The third kappa shape index (κ3) is 3.53. The van der Waals surface area contributed by atoms with Crippen LogP contribution in [0.25, 0.3) is 0 Å². The molecule has 8 nitrogen and oxygen atoms in total. The normalized spacial score (nSPS) is 20.4. The number of β-amino-alcohol motifs (C(OH)–C–C–N with tert-alkyl or cyclic N) is 1. The Morgan fingerprint density at radius 3 is 2.83 bits per heavy atom. The molecular weight excluding hydrogens is 310 g/mol. The van der Waals surface area contributed by atoms with E-state index in [9.17, 15) is 9.90 Å². The number of aryl methyl sites for hydroxylation is 2. The van der Waals surface area contributed by atoms with Gasteiger partial charge in [-0.05, 0) is 26.3 Å². The van der Waals surface area contributed by atoms with Crippen molar-refractivity contribution < 1.29 is 14.4 Å². The maximum atomic E-state index is 12.1. The van der Waals surface area contributed by atoms with E-state index < -0.39 is 5.60 Å². The van der Waals surface area contributed by atoms with E-state index in [1.165, 1.54) is 0 Å². The van der Waals surface area contributed by atoms with Gasteiger partial charge in [0.25, 0.3) is 0 Å². The van der Waals surface area contributed by atoms with Crippen molar-refractivity contribution in [1.82, 2.24) is 20.4 Å². The minimum Gasteiger partial charge on any atom is -0.386 e. The first kappa shape index (κ1) is 16.4. The summed E-state index contributed by atoms with van der Waals surface area (Å²) in [5.74, 6) is 1.08. The van der Waals surface area contributed by atoms with Gasteiger partial charge in [-0.3, -0.25) is 4.79 Å². The Kier molecular flexibility index (Phi) is 4.48. The number of amides is 1. The fraction of sp³-hybridized carbons (Fsp3) is 0.500. The second-order valence-corrected chi connectivity index (χ2v) is 6.20. The molecule has 1 aliphatic rings. The average Bonchev–Trinajstić information content (AvgIpc) is 3.12. The van der Waals surface area contributed by atoms with Crippen LogP contribution in [0.15, 0.2) is 23.0 Å². The highest BCUT2D eigenvalue weighted by atomic mass is 16.5. The van der Waals surface area contributed by atoms with Crippen molar-refractivity contribution in [1.29, 1.82) is 0 Å². The van der Waals surface area contributed by atoms with Crippen LogP contribution in [-0.4, -0.2) is 51.4 Å². The number of carbonyl (C=O) groups excluding carboxylic acids is 1. The summed E-state index contributed by atoms with van der Waals surface area (Å²) < 4.78 is 5.06. The Morgan fingerprint density at radius 1 is 1.42 bits per heavy atom. The third-order valence-corrected chi connectivity index (χ3v) is 4.30. The zero-order valence-electron chi connectivity index (χ0n) is 13.8. The predicted octanol–water partition coefficient (Wildman–Crippen LogP) is 0.382. The molecule has 1 atom stereocenters. The van der Waals surface area contributed by atoms with Gasteiger partial charge in [-0.1, -0.05) is 5.16 Å². The number of rotatable bonds is 5. The van der Waals surface area contributed by atoms with E-state index in [-0.39, 0.29) is 18.9 Å². The standard InChI is InChI=1S/C16H21N5O3/c1-11-13(12(2)24-20-11)8-14(22)19-9-16(23)4-7-21(10-16)15-17-5-3-6-18-15/h3,5-6,23H,4,7-10H2,1-2H3,(H,19,22)/t16-/m0/s1. The van der Waals surface area contributed by atoms with Gasteiger partial charge in [-0.2, -0.15) is 0 Å². The number of hydrogen-bond acceptors (Lipinski definition) is 7. The number of aromatic nitrogens is 3. The SMILES string of the molecule is Cc1noc(C)c1CC(=O)NC[C@@]1(O)CCN(c2ncccn2)C1. The van der Waals surface area contributed by atoms with Crippen molar-refractivity contribution in [2.75, 3.05) is 24.5 Å². The Balaban J connectivity index is 1.54. The Labute approximate surface area is 139 Å². The number of anilines is 1. The van der Waals surface area contributed by atoms with E-state index in [0.29, 0.717) is 31.2 Å². The van der Waals surface area contributed by atoms with Gasteiger partial charge in [-0.25, -0.2) is 9.97 Å². The molecule has 1 fully saturated rings. The van der Waals surface area contributed by atoms with Gasteiger partial charge in [0, 0.05) is 31.0 Å². The van der Waals surface area contributed by atoms with Crippen LogP contribution < -0.4 is 10.2 Å². The van der Waals surface area contributed by atoms with Gasteiger partial charge in [0.1, 0.15) is 11.4 Å². The molecule has 1 amide bonds. The minimum absolute atomic E-state index is 0.160. The first-order valence-corrected chi connectivity index (χ1v) is 7.90. The molecule has 2 aromatic rings. The lowest BCUT2D eigenvalue weighted by Crippen LogP contribution is -2.45. The van der Waals surface area contributed by atoms with Gasteiger partial charge < -0.3 is 19.8 Å². The van der Waals surface area contributed by atoms with Crippen molar-refractivity contribution in [2.45, 2.75) is 32.3 Å². The predicted molar refractivity (Wildman–Crippen MR) is 86.5 cm³/mol. The number of hydrogen-bond donors (Lipinski definition) is 2. The van der Waals surface area contributed by atoms with Crippen LogP contribution in [0.2, 0.25) is 0 Å². The molecule has 0 saturated carbocycles. The molecule has 3 heterocycles. The number of aliphatic hydroxyl groups is 1. The van der Waals surface area contributed by atoms with Crippen LogP contribution in [0.1, 0.15) is 23.4 Å². The molecule has 0 radical (unpaired) electrons. The lowest BCUT2D eigenvalue weighted by Gasteiger charge is -2.23. The van der Waals surface area contributed by atoms with Crippen LogP contribution in [0.5, 0.6) is 0 Å². The first-order chi connectivity index (χ1) is 11.5. The topological polar surface area (TPSA) is 104 Å². The average molecular weight is 331 g/mol. The van der Waals surface area contributed by atoms with Crippen molar-refractivity contribution >= 4 is 11.9 Å². The molecular formula is C16H21N5O3. The van der Waals surface area contributed by atoms with Crippen molar-refractivity contribution in [2.24, 2.45) is 0 Å². The van der Waals surface area contributed by atoms with E-state index in [1.54, 1.807) is 32.3 Å². The van der Waals surface area contributed by atoms with Crippen molar-refractivity contribution in [3.8, 4) is 0 Å². The number of nitrogens with one attached hydrogen (secondary N) is 1. The summed E-state index contributed by atoms with van der Waals surface area (Å²) in [6.45, 7) is 4.83. The van der Waals surface area contributed by atoms with E-state index in [4.69, 9.17) is 4.52 Å². The van der Waals surface area contributed by atoms with Crippen molar-refractivity contribution in [3.63, 3.8) is 0 Å².